The highest BCUT2D eigenvalue weighted by Gasteiger charge is 2.21. The first-order valence-corrected chi connectivity index (χ1v) is 6.66. The predicted octanol–water partition coefficient (Wildman–Crippen LogP) is 1.05. The number of nitrogens with one attached hydrogen (secondary N) is 1. The molecule has 0 aliphatic carbocycles. The second-order valence-electron chi connectivity index (χ2n) is 3.91. The summed E-state index contributed by atoms with van der Waals surface area (Å²) in [6, 6.07) is 2.18. The highest BCUT2D eigenvalue weighted by molar-refractivity contribution is 9.10. The lowest BCUT2D eigenvalue weighted by Gasteiger charge is -2.26. The normalized spacial score (nSPS) is 27.9. The lowest BCUT2D eigenvalue weighted by Crippen LogP contribution is -3.12. The van der Waals surface area contributed by atoms with E-state index < -0.39 is 0 Å². The summed E-state index contributed by atoms with van der Waals surface area (Å²) in [5, 5.41) is 11.7. The van der Waals surface area contributed by atoms with E-state index in [0.717, 1.165) is 25.9 Å². The number of quaternary nitrogens is 1. The molecule has 0 aromatic carbocycles. The Morgan fingerprint density at radius 2 is 2.50 bits per heavy atom. The molecule has 2 N–H and O–H groups in total. The number of rotatable bonds is 2. The van der Waals surface area contributed by atoms with Crippen molar-refractivity contribution in [3.8, 4) is 0 Å². The molecule has 0 amide bonds. The maximum atomic E-state index is 9.54. The number of hydrogen-bond donors (Lipinski definition) is 2. The van der Waals surface area contributed by atoms with E-state index in [1.165, 1.54) is 20.8 Å². The minimum Gasteiger partial charge on any atom is -0.387 e. The molecule has 0 bridgehead atoms. The van der Waals surface area contributed by atoms with Crippen LogP contribution >= 0.6 is 27.3 Å². The van der Waals surface area contributed by atoms with Crippen LogP contribution in [0.3, 0.4) is 0 Å². The van der Waals surface area contributed by atoms with Crippen LogP contribution in [0.25, 0.3) is 0 Å². The Labute approximate surface area is 96.7 Å². The molecule has 0 spiro atoms. The van der Waals surface area contributed by atoms with Crippen LogP contribution in [0.2, 0.25) is 0 Å². The highest BCUT2D eigenvalue weighted by atomic mass is 79.9. The number of likely N-dealkylation sites (tertiary alicyclic amines) is 1. The lowest BCUT2D eigenvalue weighted by atomic mass is 10.1. The molecule has 2 atom stereocenters. The summed E-state index contributed by atoms with van der Waals surface area (Å²) in [4.78, 5) is 2.92. The zero-order valence-electron chi connectivity index (χ0n) is 8.00. The van der Waals surface area contributed by atoms with Crippen molar-refractivity contribution in [3.05, 3.63) is 20.8 Å². The molecule has 1 unspecified atom stereocenters. The molecule has 2 nitrogen and oxygen atoms in total. The summed E-state index contributed by atoms with van der Waals surface area (Å²) < 4.78 is 1.18. The van der Waals surface area contributed by atoms with Gasteiger partial charge in [-0.15, -0.1) is 11.3 Å². The molecule has 0 saturated carbocycles. The molecule has 1 saturated heterocycles. The molecule has 2 heterocycles. The summed E-state index contributed by atoms with van der Waals surface area (Å²) >= 11 is 5.26. The lowest BCUT2D eigenvalue weighted by molar-refractivity contribution is -0.921. The van der Waals surface area contributed by atoms with Gasteiger partial charge in [-0.25, -0.2) is 0 Å². The summed E-state index contributed by atoms with van der Waals surface area (Å²) in [5.74, 6) is 0. The SMILES string of the molecule is O[C@H]1CCC[NH+](Cc2cc(Br)cs2)C1. The highest BCUT2D eigenvalue weighted by Crippen LogP contribution is 2.18. The third kappa shape index (κ3) is 2.79. The number of hydrogen-bond acceptors (Lipinski definition) is 2. The van der Waals surface area contributed by atoms with Crippen molar-refractivity contribution in [1.29, 1.82) is 0 Å². The minimum atomic E-state index is -0.0813. The van der Waals surface area contributed by atoms with Crippen LogP contribution in [-0.4, -0.2) is 24.3 Å². The summed E-state index contributed by atoms with van der Waals surface area (Å²) in [7, 11) is 0. The van der Waals surface area contributed by atoms with Crippen LogP contribution in [0.15, 0.2) is 15.9 Å². The first-order chi connectivity index (χ1) is 6.74. The number of thiophene rings is 1. The zero-order valence-corrected chi connectivity index (χ0v) is 10.4. The van der Waals surface area contributed by atoms with E-state index in [1.807, 2.05) is 0 Å². The first-order valence-electron chi connectivity index (χ1n) is 4.98. The summed E-state index contributed by atoms with van der Waals surface area (Å²) in [6.07, 6.45) is 2.06. The van der Waals surface area contributed by atoms with E-state index in [9.17, 15) is 5.11 Å². The second-order valence-corrected chi connectivity index (χ2v) is 5.82. The third-order valence-electron chi connectivity index (χ3n) is 2.64. The minimum absolute atomic E-state index is 0.0813. The van der Waals surface area contributed by atoms with Crippen molar-refractivity contribution in [2.24, 2.45) is 0 Å². The molecule has 1 aromatic rings. The smallest absolute Gasteiger partial charge is 0.112 e. The molecular formula is C10H15BrNOS+. The molecule has 1 aliphatic heterocycles. The van der Waals surface area contributed by atoms with Gasteiger partial charge in [0.05, 0.1) is 11.4 Å². The van der Waals surface area contributed by atoms with Crippen LogP contribution in [-0.2, 0) is 6.54 Å². The zero-order chi connectivity index (χ0) is 9.97. The molecule has 1 fully saturated rings. The van der Waals surface area contributed by atoms with Gasteiger partial charge in [0, 0.05) is 9.85 Å². The Bertz CT molecular complexity index is 302. The van der Waals surface area contributed by atoms with Gasteiger partial charge < -0.3 is 10.0 Å². The predicted molar refractivity (Wildman–Crippen MR) is 61.7 cm³/mol. The first kappa shape index (κ1) is 10.6. The molecule has 1 aromatic heterocycles. The van der Waals surface area contributed by atoms with Gasteiger partial charge in [-0.3, -0.25) is 0 Å². The maximum Gasteiger partial charge on any atom is 0.112 e. The maximum absolute atomic E-state index is 9.54. The average Bonchev–Trinajstić information content (AvgIpc) is 2.51. The number of aliphatic hydroxyl groups is 1. The van der Waals surface area contributed by atoms with Gasteiger partial charge in [-0.1, -0.05) is 0 Å². The van der Waals surface area contributed by atoms with Crippen LogP contribution in [0.5, 0.6) is 0 Å². The summed E-state index contributed by atoms with van der Waals surface area (Å²) in [6.45, 7) is 3.18. The Morgan fingerprint density at radius 3 is 3.14 bits per heavy atom. The van der Waals surface area contributed by atoms with E-state index in [0.29, 0.717) is 0 Å². The molecule has 14 heavy (non-hydrogen) atoms. The fraction of sp³-hybridized carbons (Fsp3) is 0.600. The van der Waals surface area contributed by atoms with Crippen LogP contribution < -0.4 is 4.90 Å². The van der Waals surface area contributed by atoms with Gasteiger partial charge in [0.25, 0.3) is 0 Å². The van der Waals surface area contributed by atoms with Crippen molar-refractivity contribution in [3.63, 3.8) is 0 Å². The van der Waals surface area contributed by atoms with E-state index in [4.69, 9.17) is 0 Å². The van der Waals surface area contributed by atoms with Gasteiger partial charge in [-0.05, 0) is 34.8 Å². The molecule has 4 heteroatoms. The van der Waals surface area contributed by atoms with Gasteiger partial charge in [0.2, 0.25) is 0 Å². The number of halogens is 1. The Hall–Kier alpha value is 0.1000. The Balaban J connectivity index is 1.90. The van der Waals surface area contributed by atoms with Gasteiger partial charge in [0.1, 0.15) is 19.2 Å². The van der Waals surface area contributed by atoms with Gasteiger partial charge >= 0.3 is 0 Å². The topological polar surface area (TPSA) is 24.7 Å². The number of piperidine rings is 1. The van der Waals surface area contributed by atoms with E-state index in [-0.39, 0.29) is 6.10 Å². The second kappa shape index (κ2) is 4.75. The van der Waals surface area contributed by atoms with Gasteiger partial charge in [-0.2, -0.15) is 0 Å². The van der Waals surface area contributed by atoms with Crippen molar-refractivity contribution in [2.75, 3.05) is 13.1 Å². The number of aliphatic hydroxyl groups excluding tert-OH is 1. The van der Waals surface area contributed by atoms with Crippen LogP contribution in [0.1, 0.15) is 17.7 Å². The van der Waals surface area contributed by atoms with E-state index in [1.54, 1.807) is 11.3 Å². The largest absolute Gasteiger partial charge is 0.387 e. The molecule has 0 radical (unpaired) electrons. The third-order valence-corrected chi connectivity index (χ3v) is 4.34. The van der Waals surface area contributed by atoms with E-state index >= 15 is 0 Å². The standard InChI is InChI=1S/C10H14BrNOS/c11-8-4-10(14-7-8)6-12-3-1-2-9(13)5-12/h4,7,9,13H,1-3,5-6H2/p+1/t9-/m0/s1. The fourth-order valence-corrected chi connectivity index (χ4v) is 3.50. The van der Waals surface area contributed by atoms with Gasteiger partial charge in [0.15, 0.2) is 0 Å². The molecule has 1 aliphatic rings. The monoisotopic (exact) mass is 276 g/mol. The Morgan fingerprint density at radius 1 is 1.64 bits per heavy atom. The fourth-order valence-electron chi connectivity index (χ4n) is 1.98. The van der Waals surface area contributed by atoms with Crippen molar-refractivity contribution >= 4 is 27.3 Å². The van der Waals surface area contributed by atoms with Crippen molar-refractivity contribution in [1.82, 2.24) is 0 Å². The van der Waals surface area contributed by atoms with Crippen LogP contribution in [0.4, 0.5) is 0 Å². The van der Waals surface area contributed by atoms with Crippen molar-refractivity contribution < 1.29 is 10.0 Å². The quantitative estimate of drug-likeness (QED) is 0.830. The average molecular weight is 277 g/mol. The Kier molecular flexibility index (Phi) is 3.60. The molecular weight excluding hydrogens is 262 g/mol. The van der Waals surface area contributed by atoms with Crippen LogP contribution in [0, 0.1) is 0 Å². The van der Waals surface area contributed by atoms with Crippen molar-refractivity contribution in [2.45, 2.75) is 25.5 Å². The van der Waals surface area contributed by atoms with E-state index in [2.05, 4.69) is 27.4 Å². The molecule has 78 valence electrons. The molecule has 2 rings (SSSR count). The summed E-state index contributed by atoms with van der Waals surface area (Å²) in [5.41, 5.74) is 0.